The Kier molecular flexibility index (Phi) is 6.32. The molecule has 3 heteroatoms. The van der Waals surface area contributed by atoms with Crippen molar-refractivity contribution in [1.29, 1.82) is 0 Å². The monoisotopic (exact) mass is 322 g/mol. The molecule has 0 heterocycles. The van der Waals surface area contributed by atoms with Crippen molar-refractivity contribution in [3.05, 3.63) is 41.8 Å². The topological polar surface area (TPSA) is 9.23 Å². The van der Waals surface area contributed by atoms with Crippen molar-refractivity contribution in [3.63, 3.8) is 0 Å². The molecule has 0 aliphatic heterocycles. The molecule has 0 N–H and O–H groups in total. The van der Waals surface area contributed by atoms with E-state index in [1.165, 1.54) is 4.90 Å². The molecule has 1 aromatic rings. The summed E-state index contributed by atoms with van der Waals surface area (Å²) >= 11 is 1.76. The van der Waals surface area contributed by atoms with Crippen LogP contribution in [0.15, 0.2) is 46.7 Å². The van der Waals surface area contributed by atoms with Gasteiger partial charge in [0.1, 0.15) is 0 Å². The first-order valence-electron chi connectivity index (χ1n) is 7.57. The molecule has 1 rings (SSSR count). The molecule has 0 radical (unpaired) electrons. The van der Waals surface area contributed by atoms with E-state index in [9.17, 15) is 0 Å². The second-order valence-electron chi connectivity index (χ2n) is 7.77. The van der Waals surface area contributed by atoms with E-state index in [2.05, 4.69) is 83.5 Å². The summed E-state index contributed by atoms with van der Waals surface area (Å²) < 4.78 is 6.34. The highest BCUT2D eigenvalue weighted by atomic mass is 32.2. The van der Waals surface area contributed by atoms with Gasteiger partial charge in [0.15, 0.2) is 8.32 Å². The quantitative estimate of drug-likeness (QED) is 0.446. The number of hydrogen-bond acceptors (Lipinski definition) is 2. The number of benzene rings is 1. The van der Waals surface area contributed by atoms with Gasteiger partial charge in [-0.2, -0.15) is 0 Å². The first kappa shape index (κ1) is 18.5. The predicted molar refractivity (Wildman–Crippen MR) is 98.4 cm³/mol. The molecule has 0 atom stereocenters. The van der Waals surface area contributed by atoms with Crippen molar-refractivity contribution < 1.29 is 4.43 Å². The van der Waals surface area contributed by atoms with Crippen LogP contribution in [0.25, 0.3) is 0 Å². The van der Waals surface area contributed by atoms with E-state index in [-0.39, 0.29) is 10.5 Å². The Morgan fingerprint density at radius 3 is 2.14 bits per heavy atom. The van der Waals surface area contributed by atoms with Crippen molar-refractivity contribution in [2.24, 2.45) is 5.41 Å². The van der Waals surface area contributed by atoms with Gasteiger partial charge in [-0.3, -0.25) is 0 Å². The van der Waals surface area contributed by atoms with Gasteiger partial charge in [0.05, 0.1) is 0 Å². The fourth-order valence-corrected chi connectivity index (χ4v) is 3.50. The highest BCUT2D eigenvalue weighted by Gasteiger charge is 2.38. The van der Waals surface area contributed by atoms with E-state index < -0.39 is 8.32 Å². The third-order valence-electron chi connectivity index (χ3n) is 4.08. The van der Waals surface area contributed by atoms with Crippen LogP contribution >= 0.6 is 11.8 Å². The maximum Gasteiger partial charge on any atom is 0.192 e. The van der Waals surface area contributed by atoms with E-state index in [0.29, 0.717) is 0 Å². The van der Waals surface area contributed by atoms with Crippen LogP contribution < -0.4 is 0 Å². The van der Waals surface area contributed by atoms with Crippen molar-refractivity contribution >= 4 is 20.1 Å². The normalized spacial score (nSPS) is 13.9. The van der Waals surface area contributed by atoms with Gasteiger partial charge in [-0.05, 0) is 35.7 Å². The van der Waals surface area contributed by atoms with Crippen LogP contribution in [0.3, 0.4) is 0 Å². The van der Waals surface area contributed by atoms with Crippen LogP contribution in [0.4, 0.5) is 0 Å². The van der Waals surface area contributed by atoms with E-state index in [1.54, 1.807) is 11.8 Å². The zero-order valence-electron chi connectivity index (χ0n) is 14.6. The predicted octanol–water partition coefficient (Wildman–Crippen LogP) is 6.34. The van der Waals surface area contributed by atoms with Gasteiger partial charge in [0.2, 0.25) is 0 Å². The lowest BCUT2D eigenvalue weighted by Gasteiger charge is -2.38. The molecule has 0 aliphatic rings. The molecule has 1 aromatic carbocycles. The minimum Gasteiger partial charge on any atom is -0.416 e. The molecule has 21 heavy (non-hydrogen) atoms. The Hall–Kier alpha value is -0.513. The van der Waals surface area contributed by atoms with Crippen LogP contribution in [-0.2, 0) is 4.43 Å². The third kappa shape index (κ3) is 6.41. The first-order chi connectivity index (χ1) is 9.54. The van der Waals surface area contributed by atoms with E-state index in [0.717, 1.165) is 6.61 Å². The summed E-state index contributed by atoms with van der Waals surface area (Å²) in [4.78, 5) is 1.27. The van der Waals surface area contributed by atoms with Gasteiger partial charge in [-0.15, -0.1) is 0 Å². The van der Waals surface area contributed by atoms with Gasteiger partial charge in [0, 0.05) is 16.9 Å². The molecule has 0 aliphatic carbocycles. The summed E-state index contributed by atoms with van der Waals surface area (Å²) in [6, 6.07) is 10.5. The second-order valence-corrected chi connectivity index (χ2v) is 13.6. The van der Waals surface area contributed by atoms with Crippen molar-refractivity contribution in [2.45, 2.75) is 57.6 Å². The van der Waals surface area contributed by atoms with E-state index >= 15 is 0 Å². The molecule has 118 valence electrons. The molecule has 0 saturated carbocycles. The summed E-state index contributed by atoms with van der Waals surface area (Å²) in [7, 11) is -1.66. The number of thioether (sulfide) groups is 1. The van der Waals surface area contributed by atoms with E-state index in [4.69, 9.17) is 4.43 Å². The van der Waals surface area contributed by atoms with Gasteiger partial charge < -0.3 is 4.43 Å². The van der Waals surface area contributed by atoms with E-state index in [1.807, 2.05) is 6.07 Å². The average Bonchev–Trinajstić information content (AvgIpc) is 2.36. The Morgan fingerprint density at radius 1 is 1.05 bits per heavy atom. The SMILES string of the molecule is CC(C)(/C=C/Sc1ccccc1)CO[Si](C)(C)C(C)(C)C. The van der Waals surface area contributed by atoms with Crippen LogP contribution in [0.2, 0.25) is 18.1 Å². The fraction of sp³-hybridized carbons (Fsp3) is 0.556. The number of rotatable bonds is 6. The summed E-state index contributed by atoms with van der Waals surface area (Å²) in [5, 5.41) is 2.45. The second kappa shape index (κ2) is 7.17. The molecule has 0 spiro atoms. The molecule has 0 aromatic heterocycles. The molecular weight excluding hydrogens is 292 g/mol. The summed E-state index contributed by atoms with van der Waals surface area (Å²) in [5.41, 5.74) is 0.0668. The lowest BCUT2D eigenvalue weighted by Crippen LogP contribution is -2.42. The zero-order valence-corrected chi connectivity index (χ0v) is 16.4. The van der Waals surface area contributed by atoms with Gasteiger partial charge >= 0.3 is 0 Å². The fourth-order valence-electron chi connectivity index (χ4n) is 1.43. The van der Waals surface area contributed by atoms with Crippen LogP contribution in [0.1, 0.15) is 34.6 Å². The maximum atomic E-state index is 6.34. The Labute approximate surface area is 136 Å². The molecule has 0 bridgehead atoms. The van der Waals surface area contributed by atoms with Crippen LogP contribution in [0.5, 0.6) is 0 Å². The van der Waals surface area contributed by atoms with Crippen molar-refractivity contribution in [2.75, 3.05) is 6.61 Å². The molecule has 0 amide bonds. The maximum absolute atomic E-state index is 6.34. The lowest BCUT2D eigenvalue weighted by molar-refractivity contribution is 0.203. The Balaban J connectivity index is 2.54. The molecule has 0 unspecified atom stereocenters. The standard InChI is InChI=1S/C18H30OSSi/c1-17(2,3)21(6,7)19-15-18(4,5)13-14-20-16-11-9-8-10-12-16/h8-14H,15H2,1-7H3/b14-13+. The Bertz CT molecular complexity index is 458. The van der Waals surface area contributed by atoms with Gasteiger partial charge in [-0.25, -0.2) is 0 Å². The zero-order chi connectivity index (χ0) is 16.1. The van der Waals surface area contributed by atoms with Crippen LogP contribution in [0, 0.1) is 5.41 Å². The molecule has 0 saturated heterocycles. The third-order valence-corrected chi connectivity index (χ3v) is 9.37. The van der Waals surface area contributed by atoms with Crippen molar-refractivity contribution in [3.8, 4) is 0 Å². The molecular formula is C18H30OSSi. The highest BCUT2D eigenvalue weighted by Crippen LogP contribution is 2.37. The minimum absolute atomic E-state index is 0.0668. The molecule has 0 fully saturated rings. The summed E-state index contributed by atoms with van der Waals surface area (Å²) in [6.07, 6.45) is 2.26. The van der Waals surface area contributed by atoms with Gasteiger partial charge in [-0.1, -0.05) is 70.7 Å². The molecule has 1 nitrogen and oxygen atoms in total. The average molecular weight is 323 g/mol. The summed E-state index contributed by atoms with van der Waals surface area (Å²) in [5.74, 6) is 0. The Morgan fingerprint density at radius 2 is 1.62 bits per heavy atom. The highest BCUT2D eigenvalue weighted by molar-refractivity contribution is 8.02. The van der Waals surface area contributed by atoms with Gasteiger partial charge in [0.25, 0.3) is 0 Å². The van der Waals surface area contributed by atoms with Crippen LogP contribution in [-0.4, -0.2) is 14.9 Å². The first-order valence-corrected chi connectivity index (χ1v) is 11.4. The van der Waals surface area contributed by atoms with Crippen molar-refractivity contribution in [1.82, 2.24) is 0 Å². The summed E-state index contributed by atoms with van der Waals surface area (Å²) in [6.45, 7) is 16.7. The smallest absolute Gasteiger partial charge is 0.192 e. The lowest BCUT2D eigenvalue weighted by atomic mass is 9.96. The minimum atomic E-state index is -1.66. The number of hydrogen-bond donors (Lipinski definition) is 0. The largest absolute Gasteiger partial charge is 0.416 e.